The minimum absolute atomic E-state index is 0.0744. The highest BCUT2D eigenvalue weighted by molar-refractivity contribution is 7.80. The monoisotopic (exact) mass is 1190 g/mol. The van der Waals surface area contributed by atoms with Gasteiger partial charge in [0, 0.05) is 62.3 Å². The highest BCUT2D eigenvalue weighted by Gasteiger charge is 2.65. The molecular formula is C64H109N3O15S. The first kappa shape index (κ1) is 70.7. The number of hydrogen-bond acceptors (Lipinski definition) is 18. The van der Waals surface area contributed by atoms with E-state index in [0.717, 1.165) is 102 Å². The van der Waals surface area contributed by atoms with Crippen LogP contribution in [0.1, 0.15) is 205 Å². The Labute approximate surface area is 504 Å². The number of nitrogens with zero attached hydrogens (tertiary/aromatic N) is 2. The minimum Gasteiger partial charge on any atom is -0.470 e. The number of anilines is 1. The third-order valence-electron chi connectivity index (χ3n) is 18.0. The largest absolute Gasteiger partial charge is 0.470 e. The Balaban J connectivity index is 0.929. The Hall–Kier alpha value is -3.08. The highest BCUT2D eigenvalue weighted by atomic mass is 32.1. The molecule has 0 amide bonds. The lowest BCUT2D eigenvalue weighted by atomic mass is 9.66. The van der Waals surface area contributed by atoms with Gasteiger partial charge in [-0.05, 0) is 104 Å². The van der Waals surface area contributed by atoms with E-state index < -0.39 is 28.2 Å². The molecule has 5 rings (SSSR count). The predicted octanol–water partition coefficient (Wildman–Crippen LogP) is 12.2. The summed E-state index contributed by atoms with van der Waals surface area (Å²) in [4.78, 5) is 52.0. The molecule has 4 aliphatic rings. The van der Waals surface area contributed by atoms with Crippen LogP contribution >= 0.6 is 12.2 Å². The average Bonchev–Trinajstić information content (AvgIpc) is 1.49. The van der Waals surface area contributed by atoms with Crippen molar-refractivity contribution in [3.63, 3.8) is 0 Å². The number of benzene rings is 1. The maximum atomic E-state index is 13.6. The fraction of sp³-hybridized carbons (Fsp3) is 0.844. The number of ether oxygens (including phenoxy) is 10. The summed E-state index contributed by atoms with van der Waals surface area (Å²) in [5.74, 6) is -2.54. The fourth-order valence-corrected chi connectivity index (χ4v) is 12.4. The Morgan fingerprint density at radius 2 is 1.23 bits per heavy atom. The van der Waals surface area contributed by atoms with Gasteiger partial charge in [-0.1, -0.05) is 105 Å². The van der Waals surface area contributed by atoms with Crippen molar-refractivity contribution in [1.82, 2.24) is 10.1 Å². The summed E-state index contributed by atoms with van der Waals surface area (Å²) in [6.45, 7) is 29.1. The van der Waals surface area contributed by atoms with Crippen LogP contribution in [0.2, 0.25) is 0 Å². The van der Waals surface area contributed by atoms with E-state index in [1.165, 1.54) is 0 Å². The summed E-state index contributed by atoms with van der Waals surface area (Å²) >= 11 is 5.53. The number of para-hydroxylation sites is 1. The average molecular weight is 1190 g/mol. The molecule has 1 aromatic rings. The van der Waals surface area contributed by atoms with E-state index in [0.29, 0.717) is 103 Å². The molecule has 19 heteroatoms. The third-order valence-corrected chi connectivity index (χ3v) is 18.2. The molecule has 0 aliphatic carbocycles. The number of hydrogen-bond donors (Lipinski definition) is 1. The van der Waals surface area contributed by atoms with E-state index in [-0.39, 0.29) is 66.9 Å². The molecule has 4 aliphatic heterocycles. The van der Waals surface area contributed by atoms with Crippen molar-refractivity contribution in [2.24, 2.45) is 17.3 Å². The number of carbonyl (C=O) groups is 3. The Morgan fingerprint density at radius 1 is 0.651 bits per heavy atom. The standard InChI is InChI=1S/C64H109N3O15S/c1-12-17-34-71-36-38-73-40-41-74-39-37-72-35-33-55(68)75-44-54-52(13-2)43-77-63(80-54)42-50(6)66(59(8,9)45-63)81-56(69)31-27-22-20-18-19-21-23-28-32-57(70)82-67-60(10,14-3)46-64(51(7)61(67,11)15-4)78-48-62(16-5,49-79-64)47-76-58(83)65-53-29-25-24-26-30-53/h24-26,29-30,50-52,54H,12-23,27-28,31-49H2,1-11H3,(H,65,83). The number of esters is 1. The van der Waals surface area contributed by atoms with Crippen molar-refractivity contribution in [2.45, 2.75) is 245 Å². The first-order valence-electron chi connectivity index (χ1n) is 31.8. The first-order chi connectivity index (χ1) is 39.8. The van der Waals surface area contributed by atoms with Crippen molar-refractivity contribution in [1.29, 1.82) is 0 Å². The number of unbranched alkanes of at least 4 members (excludes halogenated alkanes) is 8. The van der Waals surface area contributed by atoms with Crippen LogP contribution in [0.15, 0.2) is 30.3 Å². The van der Waals surface area contributed by atoms with E-state index in [1.807, 2.05) is 61.2 Å². The van der Waals surface area contributed by atoms with Gasteiger partial charge < -0.3 is 62.4 Å². The van der Waals surface area contributed by atoms with Crippen LogP contribution in [0, 0.1) is 17.3 Å². The van der Waals surface area contributed by atoms with Gasteiger partial charge in [-0.2, -0.15) is 0 Å². The van der Waals surface area contributed by atoms with Crippen molar-refractivity contribution in [3.05, 3.63) is 30.3 Å². The summed E-state index contributed by atoms with van der Waals surface area (Å²) in [6.07, 6.45) is 15.0. The summed E-state index contributed by atoms with van der Waals surface area (Å²) in [6, 6.07) is 9.58. The summed E-state index contributed by atoms with van der Waals surface area (Å²) < 4.78 is 60.9. The first-order valence-corrected chi connectivity index (χ1v) is 32.2. The van der Waals surface area contributed by atoms with Gasteiger partial charge in [-0.3, -0.25) is 14.4 Å². The lowest BCUT2D eigenvalue weighted by Gasteiger charge is -2.63. The fourth-order valence-electron chi connectivity index (χ4n) is 12.2. The molecule has 83 heavy (non-hydrogen) atoms. The van der Waals surface area contributed by atoms with Gasteiger partial charge >= 0.3 is 17.9 Å². The third kappa shape index (κ3) is 21.3. The molecule has 4 fully saturated rings. The maximum Gasteiger partial charge on any atom is 0.325 e. The molecule has 0 bridgehead atoms. The predicted molar refractivity (Wildman–Crippen MR) is 323 cm³/mol. The number of piperidine rings is 2. The lowest BCUT2D eigenvalue weighted by Crippen LogP contribution is -2.74. The van der Waals surface area contributed by atoms with Gasteiger partial charge in [0.1, 0.15) is 19.3 Å². The van der Waals surface area contributed by atoms with Crippen LogP contribution in [0.4, 0.5) is 5.69 Å². The maximum absolute atomic E-state index is 13.6. The van der Waals surface area contributed by atoms with Crippen molar-refractivity contribution < 1.29 is 71.4 Å². The van der Waals surface area contributed by atoms with E-state index in [4.69, 9.17) is 69.3 Å². The minimum atomic E-state index is -0.890. The summed E-state index contributed by atoms with van der Waals surface area (Å²) in [5.41, 5.74) is -1.10. The van der Waals surface area contributed by atoms with Crippen LogP contribution < -0.4 is 5.32 Å². The molecule has 4 saturated heterocycles. The molecule has 4 heterocycles. The normalized spacial score (nSPS) is 29.1. The Morgan fingerprint density at radius 3 is 1.78 bits per heavy atom. The Kier molecular flexibility index (Phi) is 29.8. The number of rotatable bonds is 37. The second-order valence-electron chi connectivity index (χ2n) is 25.0. The van der Waals surface area contributed by atoms with E-state index in [2.05, 4.69) is 60.7 Å². The second-order valence-corrected chi connectivity index (χ2v) is 25.3. The van der Waals surface area contributed by atoms with E-state index in [1.54, 1.807) is 0 Å². The van der Waals surface area contributed by atoms with E-state index in [9.17, 15) is 14.4 Å². The quantitative estimate of drug-likeness (QED) is 0.0377. The zero-order valence-electron chi connectivity index (χ0n) is 53.0. The van der Waals surface area contributed by atoms with Crippen molar-refractivity contribution >= 4 is 41.0 Å². The number of hydroxylamine groups is 4. The Bertz CT molecular complexity index is 2060. The molecule has 476 valence electrons. The second kappa shape index (κ2) is 35.1. The van der Waals surface area contributed by atoms with Crippen LogP contribution in [0.3, 0.4) is 0 Å². The number of carbonyl (C=O) groups excluding carboxylic acids is 3. The van der Waals surface area contributed by atoms with Gasteiger partial charge in [0.05, 0.1) is 94.5 Å². The molecule has 0 radical (unpaired) electrons. The molecular weight excluding hydrogens is 1080 g/mol. The number of nitrogens with one attached hydrogen (secondary N) is 1. The van der Waals surface area contributed by atoms with Crippen LogP contribution in [0.25, 0.3) is 0 Å². The van der Waals surface area contributed by atoms with E-state index >= 15 is 0 Å². The number of thiocarbonyl (C=S) groups is 1. The topological polar surface area (TPSA) is 180 Å². The van der Waals surface area contributed by atoms with Crippen LogP contribution in [0.5, 0.6) is 0 Å². The lowest BCUT2D eigenvalue weighted by molar-refractivity contribution is -0.403. The molecule has 7 atom stereocenters. The smallest absolute Gasteiger partial charge is 0.325 e. The van der Waals surface area contributed by atoms with Gasteiger partial charge in [0.2, 0.25) is 0 Å². The van der Waals surface area contributed by atoms with Gasteiger partial charge in [0.15, 0.2) is 11.6 Å². The van der Waals surface area contributed by atoms with Gasteiger partial charge in [0.25, 0.3) is 5.17 Å². The zero-order chi connectivity index (χ0) is 60.4. The zero-order valence-corrected chi connectivity index (χ0v) is 53.8. The van der Waals surface area contributed by atoms with Gasteiger partial charge in [-0.25, -0.2) is 0 Å². The molecule has 2 spiro atoms. The molecule has 1 N–H and O–H groups in total. The van der Waals surface area contributed by atoms with Crippen LogP contribution in [-0.2, 0) is 71.4 Å². The van der Waals surface area contributed by atoms with Crippen molar-refractivity contribution in [3.8, 4) is 0 Å². The van der Waals surface area contributed by atoms with Crippen molar-refractivity contribution in [2.75, 3.05) is 91.2 Å². The highest BCUT2D eigenvalue weighted by Crippen LogP contribution is 2.55. The molecule has 7 unspecified atom stereocenters. The molecule has 0 aromatic heterocycles. The SMILES string of the molecule is CCCCOCCOCCOCCOCCC(=O)OCC1OC2(CC(C)N(OC(=O)CCCCCCCCCCC(=O)ON3C(C)(CC)CC4(OCC(CC)(COC(=S)Nc5ccccc5)CO4)C(C)C3(C)CC)C(C)(C)C2)OCC1CC. The van der Waals surface area contributed by atoms with Crippen LogP contribution in [-0.4, -0.2) is 159 Å². The molecule has 18 nitrogen and oxygen atoms in total. The summed E-state index contributed by atoms with van der Waals surface area (Å²) in [7, 11) is 0. The molecule has 1 aromatic carbocycles. The van der Waals surface area contributed by atoms with Gasteiger partial charge in [-0.15, -0.1) is 10.1 Å². The summed E-state index contributed by atoms with van der Waals surface area (Å²) in [5, 5.41) is 7.30. The molecule has 0 saturated carbocycles.